The molecule has 4 nitrogen and oxygen atoms in total. The molecule has 0 radical (unpaired) electrons. The van der Waals surface area contributed by atoms with E-state index in [9.17, 15) is 13.2 Å². The van der Waals surface area contributed by atoms with Crippen LogP contribution in [0.25, 0.3) is 0 Å². The smallest absolute Gasteiger partial charge is 0.240 e. The maximum atomic E-state index is 12.1. The van der Waals surface area contributed by atoms with Crippen LogP contribution in [0, 0.1) is 6.92 Å². The summed E-state index contributed by atoms with van der Waals surface area (Å²) in [6, 6.07) is 14.0. The molecule has 0 aliphatic carbocycles. The van der Waals surface area contributed by atoms with Gasteiger partial charge in [0.2, 0.25) is 10.0 Å². The number of rotatable bonds is 6. The number of hydrogen-bond donors (Lipinski definition) is 1. The molecule has 116 valence electrons. The number of hydrogen-bond acceptors (Lipinski definition) is 3. The topological polar surface area (TPSA) is 63.2 Å². The van der Waals surface area contributed by atoms with E-state index >= 15 is 0 Å². The first kappa shape index (κ1) is 16.4. The fourth-order valence-corrected chi connectivity index (χ4v) is 3.11. The molecule has 2 rings (SSSR count). The minimum Gasteiger partial charge on any atom is -0.295 e. The van der Waals surface area contributed by atoms with Crippen LogP contribution in [-0.4, -0.2) is 20.7 Å². The Morgan fingerprint density at radius 3 is 2.41 bits per heavy atom. The fourth-order valence-electron chi connectivity index (χ4n) is 2.08. The first-order valence-electron chi connectivity index (χ1n) is 7.05. The largest absolute Gasteiger partial charge is 0.295 e. The van der Waals surface area contributed by atoms with Crippen LogP contribution in [0.1, 0.15) is 28.4 Å². The van der Waals surface area contributed by atoms with Crippen molar-refractivity contribution in [1.29, 1.82) is 0 Å². The van der Waals surface area contributed by atoms with Crippen molar-refractivity contribution in [2.75, 3.05) is 6.54 Å². The quantitative estimate of drug-likeness (QED) is 0.833. The SMILES string of the molecule is CC(=O)c1cccc(CCNS(=O)(=O)c2ccc(C)cc2)c1. The molecule has 22 heavy (non-hydrogen) atoms. The van der Waals surface area contributed by atoms with Crippen LogP contribution in [0.4, 0.5) is 0 Å². The third kappa shape index (κ3) is 4.26. The van der Waals surface area contributed by atoms with E-state index in [0.29, 0.717) is 12.0 Å². The molecule has 0 unspecified atom stereocenters. The summed E-state index contributed by atoms with van der Waals surface area (Å²) in [7, 11) is -3.49. The summed E-state index contributed by atoms with van der Waals surface area (Å²) < 4.78 is 26.9. The summed E-state index contributed by atoms with van der Waals surface area (Å²) in [6.45, 7) is 3.71. The molecule has 1 N–H and O–H groups in total. The Bertz CT molecular complexity index is 765. The minimum atomic E-state index is -3.49. The molecule has 0 spiro atoms. The predicted octanol–water partition coefficient (Wildman–Crippen LogP) is 2.72. The lowest BCUT2D eigenvalue weighted by molar-refractivity contribution is 0.101. The predicted molar refractivity (Wildman–Crippen MR) is 86.5 cm³/mol. The minimum absolute atomic E-state index is 0.00193. The Labute approximate surface area is 131 Å². The number of ketones is 1. The van der Waals surface area contributed by atoms with E-state index in [0.717, 1.165) is 11.1 Å². The van der Waals surface area contributed by atoms with Crippen LogP contribution in [0.15, 0.2) is 53.4 Å². The van der Waals surface area contributed by atoms with Gasteiger partial charge in [0.15, 0.2) is 5.78 Å². The third-order valence-electron chi connectivity index (χ3n) is 3.37. The lowest BCUT2D eigenvalue weighted by Gasteiger charge is -2.08. The van der Waals surface area contributed by atoms with Crippen molar-refractivity contribution in [2.45, 2.75) is 25.2 Å². The molecular formula is C17H19NO3S. The standard InChI is InChI=1S/C17H19NO3S/c1-13-6-8-17(9-7-13)22(20,21)18-11-10-15-4-3-5-16(12-15)14(2)19/h3-9,12,18H,10-11H2,1-2H3. The number of sulfonamides is 1. The molecular weight excluding hydrogens is 298 g/mol. The van der Waals surface area contributed by atoms with Crippen LogP contribution >= 0.6 is 0 Å². The Balaban J connectivity index is 1.99. The van der Waals surface area contributed by atoms with Gasteiger partial charge in [-0.05, 0) is 44.0 Å². The highest BCUT2D eigenvalue weighted by Crippen LogP contribution is 2.10. The maximum absolute atomic E-state index is 12.1. The Morgan fingerprint density at radius 1 is 1.09 bits per heavy atom. The van der Waals surface area contributed by atoms with E-state index in [1.165, 1.54) is 6.92 Å². The maximum Gasteiger partial charge on any atom is 0.240 e. The van der Waals surface area contributed by atoms with Crippen molar-refractivity contribution in [3.63, 3.8) is 0 Å². The summed E-state index contributed by atoms with van der Waals surface area (Å²) in [5.74, 6) is 0.00193. The van der Waals surface area contributed by atoms with Crippen molar-refractivity contribution < 1.29 is 13.2 Å². The molecule has 0 amide bonds. The zero-order chi connectivity index (χ0) is 16.2. The number of Topliss-reactive ketones (excluding diaryl/α,β-unsaturated/α-hetero) is 1. The molecule has 5 heteroatoms. The highest BCUT2D eigenvalue weighted by molar-refractivity contribution is 7.89. The zero-order valence-corrected chi connectivity index (χ0v) is 13.5. The van der Waals surface area contributed by atoms with Gasteiger partial charge in [0, 0.05) is 12.1 Å². The van der Waals surface area contributed by atoms with Gasteiger partial charge in [-0.3, -0.25) is 4.79 Å². The van der Waals surface area contributed by atoms with Crippen molar-refractivity contribution >= 4 is 15.8 Å². The van der Waals surface area contributed by atoms with Crippen LogP contribution in [0.3, 0.4) is 0 Å². The molecule has 0 aliphatic rings. The van der Waals surface area contributed by atoms with Crippen LogP contribution in [0.5, 0.6) is 0 Å². The molecule has 0 saturated carbocycles. The lowest BCUT2D eigenvalue weighted by atomic mass is 10.1. The summed E-state index contributed by atoms with van der Waals surface area (Å²) in [4.78, 5) is 11.6. The average molecular weight is 317 g/mol. The van der Waals surface area contributed by atoms with Gasteiger partial charge in [0.25, 0.3) is 0 Å². The normalized spacial score (nSPS) is 11.4. The number of aryl methyl sites for hydroxylation is 1. The van der Waals surface area contributed by atoms with Gasteiger partial charge >= 0.3 is 0 Å². The van der Waals surface area contributed by atoms with E-state index in [-0.39, 0.29) is 17.2 Å². The van der Waals surface area contributed by atoms with E-state index in [1.807, 2.05) is 13.0 Å². The van der Waals surface area contributed by atoms with Gasteiger partial charge in [-0.1, -0.05) is 35.9 Å². The molecule has 0 saturated heterocycles. The summed E-state index contributed by atoms with van der Waals surface area (Å²) >= 11 is 0. The number of benzene rings is 2. The van der Waals surface area contributed by atoms with E-state index in [4.69, 9.17) is 0 Å². The molecule has 0 aromatic heterocycles. The molecule has 0 fully saturated rings. The average Bonchev–Trinajstić information content (AvgIpc) is 2.48. The Morgan fingerprint density at radius 2 is 1.77 bits per heavy atom. The molecule has 2 aromatic rings. The number of carbonyl (C=O) groups is 1. The van der Waals surface area contributed by atoms with E-state index in [1.54, 1.807) is 42.5 Å². The highest BCUT2D eigenvalue weighted by atomic mass is 32.2. The van der Waals surface area contributed by atoms with Crippen LogP contribution in [-0.2, 0) is 16.4 Å². The Kier molecular flexibility index (Phi) is 5.11. The molecule has 0 atom stereocenters. The molecule has 0 heterocycles. The second-order valence-corrected chi connectivity index (χ2v) is 6.98. The van der Waals surface area contributed by atoms with Gasteiger partial charge in [-0.2, -0.15) is 0 Å². The van der Waals surface area contributed by atoms with E-state index in [2.05, 4.69) is 4.72 Å². The second kappa shape index (κ2) is 6.85. The number of carbonyl (C=O) groups excluding carboxylic acids is 1. The highest BCUT2D eigenvalue weighted by Gasteiger charge is 2.12. The van der Waals surface area contributed by atoms with Crippen molar-refractivity contribution in [1.82, 2.24) is 4.72 Å². The van der Waals surface area contributed by atoms with Gasteiger partial charge < -0.3 is 0 Å². The zero-order valence-electron chi connectivity index (χ0n) is 12.7. The lowest BCUT2D eigenvalue weighted by Crippen LogP contribution is -2.26. The summed E-state index contributed by atoms with van der Waals surface area (Å²) in [5, 5.41) is 0. The monoisotopic (exact) mass is 317 g/mol. The fraction of sp³-hybridized carbons (Fsp3) is 0.235. The molecule has 2 aromatic carbocycles. The Hall–Kier alpha value is -1.98. The van der Waals surface area contributed by atoms with Crippen LogP contribution in [0.2, 0.25) is 0 Å². The van der Waals surface area contributed by atoms with Crippen LogP contribution < -0.4 is 4.72 Å². The van der Waals surface area contributed by atoms with Crippen molar-refractivity contribution in [3.05, 3.63) is 65.2 Å². The number of nitrogens with one attached hydrogen (secondary N) is 1. The first-order chi connectivity index (χ1) is 10.4. The van der Waals surface area contributed by atoms with Gasteiger partial charge in [-0.25, -0.2) is 13.1 Å². The molecule has 0 aliphatic heterocycles. The first-order valence-corrected chi connectivity index (χ1v) is 8.53. The van der Waals surface area contributed by atoms with Gasteiger partial charge in [-0.15, -0.1) is 0 Å². The second-order valence-electron chi connectivity index (χ2n) is 5.22. The van der Waals surface area contributed by atoms with Gasteiger partial charge in [0.05, 0.1) is 4.90 Å². The molecule has 0 bridgehead atoms. The summed E-state index contributed by atoms with van der Waals surface area (Å²) in [6.07, 6.45) is 0.534. The van der Waals surface area contributed by atoms with Gasteiger partial charge in [0.1, 0.15) is 0 Å². The van der Waals surface area contributed by atoms with Crippen molar-refractivity contribution in [3.8, 4) is 0 Å². The third-order valence-corrected chi connectivity index (χ3v) is 4.85. The van der Waals surface area contributed by atoms with Crippen molar-refractivity contribution in [2.24, 2.45) is 0 Å². The van der Waals surface area contributed by atoms with E-state index < -0.39 is 10.0 Å². The summed E-state index contributed by atoms with van der Waals surface area (Å²) in [5.41, 5.74) is 2.58.